The van der Waals surface area contributed by atoms with Crippen molar-refractivity contribution in [3.63, 3.8) is 0 Å². The Labute approximate surface area is 182 Å². The number of alkyl halides is 3. The maximum absolute atomic E-state index is 12.8. The summed E-state index contributed by atoms with van der Waals surface area (Å²) >= 11 is 0. The van der Waals surface area contributed by atoms with Gasteiger partial charge in [-0.15, -0.1) is 0 Å². The summed E-state index contributed by atoms with van der Waals surface area (Å²) in [6.45, 7) is 2.28. The highest BCUT2D eigenvalue weighted by atomic mass is 19.4. The van der Waals surface area contributed by atoms with Crippen LogP contribution in [0.4, 0.5) is 13.2 Å². The van der Waals surface area contributed by atoms with E-state index >= 15 is 0 Å². The normalized spacial score (nSPS) is 27.9. The lowest BCUT2D eigenvalue weighted by molar-refractivity contribution is -0.137. The average Bonchev–Trinajstić information content (AvgIpc) is 2.76. The summed E-state index contributed by atoms with van der Waals surface area (Å²) in [7, 11) is 0. The van der Waals surface area contributed by atoms with Crippen molar-refractivity contribution < 1.29 is 13.2 Å². The van der Waals surface area contributed by atoms with Gasteiger partial charge in [0.25, 0.3) is 0 Å². The third-order valence-corrected chi connectivity index (χ3v) is 7.97. The van der Waals surface area contributed by atoms with Gasteiger partial charge in [-0.25, -0.2) is 0 Å². The molecule has 0 amide bonds. The molecule has 1 aromatic carbocycles. The third kappa shape index (κ3) is 7.31. The second-order valence-corrected chi connectivity index (χ2v) is 10.2. The Morgan fingerprint density at radius 1 is 0.667 bits per heavy atom. The van der Waals surface area contributed by atoms with Crippen LogP contribution in [0.3, 0.4) is 0 Å². The lowest BCUT2D eigenvalue weighted by Crippen LogP contribution is -2.18. The Hall–Kier alpha value is -0.990. The van der Waals surface area contributed by atoms with Crippen LogP contribution in [0, 0.1) is 17.8 Å². The molecule has 3 rings (SSSR count). The van der Waals surface area contributed by atoms with Crippen LogP contribution in [-0.4, -0.2) is 0 Å². The number of hydrogen-bond acceptors (Lipinski definition) is 0. The van der Waals surface area contributed by atoms with E-state index in [2.05, 4.69) is 6.92 Å². The van der Waals surface area contributed by atoms with Crippen LogP contribution in [0.25, 0.3) is 0 Å². The minimum atomic E-state index is -4.23. The van der Waals surface area contributed by atoms with E-state index in [9.17, 15) is 13.2 Å². The molecule has 0 heterocycles. The summed E-state index contributed by atoms with van der Waals surface area (Å²) in [5.74, 6) is 3.23. The largest absolute Gasteiger partial charge is 0.416 e. The van der Waals surface area contributed by atoms with Crippen molar-refractivity contribution >= 4 is 0 Å². The molecular formula is C27H41F3. The molecule has 0 N–H and O–H groups in total. The molecule has 170 valence electrons. The van der Waals surface area contributed by atoms with Gasteiger partial charge in [0.1, 0.15) is 0 Å². The summed E-state index contributed by atoms with van der Waals surface area (Å²) in [5.41, 5.74) is 0.564. The molecule has 2 aliphatic carbocycles. The molecule has 0 atom stereocenters. The van der Waals surface area contributed by atoms with E-state index in [1.807, 2.05) is 0 Å². The first-order valence-corrected chi connectivity index (χ1v) is 12.6. The fraction of sp³-hybridized carbons (Fsp3) is 0.778. The van der Waals surface area contributed by atoms with Crippen LogP contribution in [0.2, 0.25) is 0 Å². The van der Waals surface area contributed by atoms with Gasteiger partial charge >= 0.3 is 6.18 Å². The van der Waals surface area contributed by atoms with Crippen molar-refractivity contribution in [2.24, 2.45) is 17.8 Å². The summed E-state index contributed by atoms with van der Waals surface area (Å²) < 4.78 is 38.3. The van der Waals surface area contributed by atoms with Gasteiger partial charge in [0.05, 0.1) is 5.56 Å². The minimum absolute atomic E-state index is 0.451. The van der Waals surface area contributed by atoms with Crippen LogP contribution in [0.5, 0.6) is 0 Å². The van der Waals surface area contributed by atoms with Crippen LogP contribution < -0.4 is 0 Å². The predicted octanol–water partition coefficient (Wildman–Crippen LogP) is 9.54. The second-order valence-electron chi connectivity index (χ2n) is 10.2. The number of benzene rings is 1. The van der Waals surface area contributed by atoms with Crippen molar-refractivity contribution in [2.75, 3.05) is 0 Å². The zero-order valence-corrected chi connectivity index (χ0v) is 18.9. The highest BCUT2D eigenvalue weighted by Crippen LogP contribution is 2.41. The van der Waals surface area contributed by atoms with Crippen molar-refractivity contribution in [2.45, 2.75) is 115 Å². The molecule has 0 aliphatic heterocycles. The highest BCUT2D eigenvalue weighted by molar-refractivity contribution is 5.27. The predicted molar refractivity (Wildman–Crippen MR) is 120 cm³/mol. The van der Waals surface area contributed by atoms with Gasteiger partial charge in [-0.2, -0.15) is 13.2 Å². The summed E-state index contributed by atoms with van der Waals surface area (Å²) in [6, 6.07) is 5.91. The molecule has 0 nitrogen and oxygen atoms in total. The fourth-order valence-corrected chi connectivity index (χ4v) is 5.87. The van der Waals surface area contributed by atoms with Crippen molar-refractivity contribution in [3.05, 3.63) is 35.4 Å². The molecule has 1 aromatic rings. The van der Waals surface area contributed by atoms with Crippen LogP contribution in [0.15, 0.2) is 24.3 Å². The molecule has 0 spiro atoms. The minimum Gasteiger partial charge on any atom is -0.166 e. The quantitative estimate of drug-likeness (QED) is 0.347. The molecule has 0 bridgehead atoms. The second kappa shape index (κ2) is 11.6. The number of halogens is 3. The van der Waals surface area contributed by atoms with Gasteiger partial charge in [-0.3, -0.25) is 0 Å². The Balaban J connectivity index is 1.31. The first kappa shape index (κ1) is 23.7. The van der Waals surface area contributed by atoms with E-state index in [-0.39, 0.29) is 0 Å². The Morgan fingerprint density at radius 2 is 1.17 bits per heavy atom. The molecule has 0 saturated heterocycles. The fourth-order valence-electron chi connectivity index (χ4n) is 5.87. The molecule has 2 saturated carbocycles. The van der Waals surface area contributed by atoms with E-state index < -0.39 is 11.7 Å². The maximum Gasteiger partial charge on any atom is 0.416 e. The summed E-state index contributed by atoms with van der Waals surface area (Å²) in [4.78, 5) is 0. The molecule has 2 aliphatic rings. The van der Waals surface area contributed by atoms with Crippen molar-refractivity contribution in [1.29, 1.82) is 0 Å². The zero-order chi connectivity index (χ0) is 21.4. The van der Waals surface area contributed by atoms with E-state index in [4.69, 9.17) is 0 Å². The Bertz CT molecular complexity index is 588. The van der Waals surface area contributed by atoms with Crippen LogP contribution in [0.1, 0.15) is 120 Å². The van der Waals surface area contributed by atoms with E-state index in [0.717, 1.165) is 36.2 Å². The van der Waals surface area contributed by atoms with Gasteiger partial charge in [-0.1, -0.05) is 89.7 Å². The van der Waals surface area contributed by atoms with Gasteiger partial charge in [-0.05, 0) is 67.1 Å². The number of unbranched alkanes of at least 4 members (excludes halogenated alkanes) is 3. The standard InChI is InChI=1S/C27H41F3/c1-2-3-4-5-6-21-7-9-22(10-8-21)11-12-23-13-15-24(16-14-23)25-17-19-26(20-18-25)27(28,29)30/h17-24H,2-16H2,1H3. The molecule has 0 unspecified atom stereocenters. The smallest absolute Gasteiger partial charge is 0.166 e. The summed E-state index contributed by atoms with van der Waals surface area (Å²) in [6.07, 6.45) is 16.2. The van der Waals surface area contributed by atoms with Gasteiger partial charge in [0, 0.05) is 0 Å². The molecular weight excluding hydrogens is 381 g/mol. The van der Waals surface area contributed by atoms with E-state index in [0.29, 0.717) is 5.92 Å². The number of rotatable bonds is 9. The lowest BCUT2D eigenvalue weighted by Gasteiger charge is -2.32. The van der Waals surface area contributed by atoms with Crippen molar-refractivity contribution in [1.82, 2.24) is 0 Å². The van der Waals surface area contributed by atoms with E-state index in [1.54, 1.807) is 12.1 Å². The first-order valence-electron chi connectivity index (χ1n) is 12.6. The number of hydrogen-bond donors (Lipinski definition) is 0. The van der Waals surface area contributed by atoms with Crippen molar-refractivity contribution in [3.8, 4) is 0 Å². The Kier molecular flexibility index (Phi) is 9.13. The highest BCUT2D eigenvalue weighted by Gasteiger charge is 2.31. The van der Waals surface area contributed by atoms with E-state index in [1.165, 1.54) is 95.6 Å². The molecule has 3 heteroatoms. The lowest BCUT2D eigenvalue weighted by atomic mass is 9.74. The molecule has 0 aromatic heterocycles. The van der Waals surface area contributed by atoms with Gasteiger partial charge in [0.2, 0.25) is 0 Å². The maximum atomic E-state index is 12.8. The van der Waals surface area contributed by atoms with Gasteiger partial charge in [0.15, 0.2) is 0 Å². The molecule has 0 radical (unpaired) electrons. The van der Waals surface area contributed by atoms with Gasteiger partial charge < -0.3 is 0 Å². The monoisotopic (exact) mass is 422 g/mol. The van der Waals surface area contributed by atoms with Crippen LogP contribution in [-0.2, 0) is 6.18 Å². The summed E-state index contributed by atoms with van der Waals surface area (Å²) in [5, 5.41) is 0. The zero-order valence-electron chi connectivity index (χ0n) is 18.9. The average molecular weight is 423 g/mol. The molecule has 30 heavy (non-hydrogen) atoms. The Morgan fingerprint density at radius 3 is 1.67 bits per heavy atom. The topological polar surface area (TPSA) is 0 Å². The SMILES string of the molecule is CCCCCCC1CCC(CCC2CCC(c3ccc(C(F)(F)F)cc3)CC2)CC1. The molecule has 2 fully saturated rings. The third-order valence-electron chi connectivity index (χ3n) is 7.97. The first-order chi connectivity index (χ1) is 14.5. The van der Waals surface area contributed by atoms with Crippen LogP contribution >= 0.6 is 0 Å².